The van der Waals surface area contributed by atoms with Gasteiger partial charge in [0.15, 0.2) is 5.78 Å². The molecule has 0 saturated carbocycles. The summed E-state index contributed by atoms with van der Waals surface area (Å²) in [5.41, 5.74) is 3.96. The van der Waals surface area contributed by atoms with Crippen LogP contribution in [0, 0.1) is 0 Å². The Morgan fingerprint density at radius 1 is 0.821 bits per heavy atom. The fraction of sp³-hybridized carbons (Fsp3) is 0.267. The average Bonchev–Trinajstić information content (AvgIpc) is 3.51. The van der Waals surface area contributed by atoms with Crippen LogP contribution in [0.2, 0.25) is 0 Å². The van der Waals surface area contributed by atoms with Gasteiger partial charge in [-0.25, -0.2) is 13.4 Å². The molecule has 0 N–H and O–H groups in total. The molecular formula is C30H33N5O3S. The lowest BCUT2D eigenvalue weighted by Crippen LogP contribution is -2.49. The number of rotatable bonds is 9. The molecule has 9 heteroatoms. The number of imidazole rings is 1. The molecule has 3 aromatic carbocycles. The summed E-state index contributed by atoms with van der Waals surface area (Å²) in [6.07, 6.45) is 5.28. The van der Waals surface area contributed by atoms with Crippen LogP contribution in [-0.4, -0.2) is 91.2 Å². The van der Waals surface area contributed by atoms with Gasteiger partial charge in [0.1, 0.15) is 0 Å². The molecule has 0 unspecified atom stereocenters. The Hall–Kier alpha value is -3.63. The van der Waals surface area contributed by atoms with Gasteiger partial charge in [-0.3, -0.25) is 9.69 Å². The van der Waals surface area contributed by atoms with Crippen LogP contribution in [0.1, 0.15) is 15.9 Å². The van der Waals surface area contributed by atoms with Gasteiger partial charge < -0.3 is 9.47 Å². The molecule has 202 valence electrons. The predicted molar refractivity (Wildman–Crippen MR) is 153 cm³/mol. The van der Waals surface area contributed by atoms with Crippen molar-refractivity contribution in [3.05, 3.63) is 103 Å². The summed E-state index contributed by atoms with van der Waals surface area (Å²) in [7, 11) is 0.552. The van der Waals surface area contributed by atoms with Gasteiger partial charge in [-0.05, 0) is 61.6 Å². The second-order valence-electron chi connectivity index (χ2n) is 10.00. The first-order chi connectivity index (χ1) is 18.8. The molecule has 0 bridgehead atoms. The van der Waals surface area contributed by atoms with Crippen molar-refractivity contribution in [2.75, 3.05) is 53.4 Å². The number of nitrogens with zero attached hydrogens (tertiary/aromatic N) is 5. The molecular weight excluding hydrogens is 510 g/mol. The first-order valence-corrected chi connectivity index (χ1v) is 14.5. The van der Waals surface area contributed by atoms with Crippen LogP contribution in [0.5, 0.6) is 0 Å². The lowest BCUT2D eigenvalue weighted by atomic mass is 9.99. The van der Waals surface area contributed by atoms with E-state index in [0.29, 0.717) is 29.1 Å². The summed E-state index contributed by atoms with van der Waals surface area (Å²) >= 11 is 0. The Bertz CT molecular complexity index is 1490. The highest BCUT2D eigenvalue weighted by molar-refractivity contribution is 7.89. The molecule has 0 radical (unpaired) electrons. The number of sulfonamides is 1. The van der Waals surface area contributed by atoms with E-state index in [0.717, 1.165) is 43.0 Å². The molecule has 1 aromatic heterocycles. The molecule has 5 rings (SSSR count). The monoisotopic (exact) mass is 543 g/mol. The standard InChI is InChI=1S/C30H33N5O3S/c1-32(2)17-18-33-19-21-35(22-20-33)39(37,38)29-13-9-25(10-14-29)24-3-5-26(6-4-24)30(36)27-7-11-28(12-8-27)34-16-15-31-23-34/h3-16,23H,17-22H2,1-2H3. The molecule has 1 saturated heterocycles. The zero-order valence-corrected chi connectivity index (χ0v) is 23.1. The van der Waals surface area contributed by atoms with Gasteiger partial charge >= 0.3 is 0 Å². The summed E-state index contributed by atoms with van der Waals surface area (Å²) in [6.45, 7) is 4.39. The maximum absolute atomic E-state index is 13.2. The van der Waals surface area contributed by atoms with E-state index in [2.05, 4.69) is 14.8 Å². The number of piperazine rings is 1. The highest BCUT2D eigenvalue weighted by Gasteiger charge is 2.28. The third-order valence-electron chi connectivity index (χ3n) is 7.10. The predicted octanol–water partition coefficient (Wildman–Crippen LogP) is 3.64. The van der Waals surface area contributed by atoms with Crippen LogP contribution in [0.3, 0.4) is 0 Å². The van der Waals surface area contributed by atoms with E-state index in [9.17, 15) is 13.2 Å². The fourth-order valence-corrected chi connectivity index (χ4v) is 6.10. The van der Waals surface area contributed by atoms with E-state index >= 15 is 0 Å². The number of hydrogen-bond acceptors (Lipinski definition) is 6. The van der Waals surface area contributed by atoms with Crippen molar-refractivity contribution in [2.24, 2.45) is 0 Å². The maximum atomic E-state index is 13.2. The first-order valence-electron chi connectivity index (χ1n) is 13.0. The average molecular weight is 544 g/mol. The molecule has 1 aliphatic rings. The Morgan fingerprint density at radius 2 is 1.38 bits per heavy atom. The van der Waals surface area contributed by atoms with Crippen LogP contribution in [0.15, 0.2) is 96.4 Å². The molecule has 4 aromatic rings. The molecule has 0 atom stereocenters. The van der Waals surface area contributed by atoms with Crippen molar-refractivity contribution in [3.63, 3.8) is 0 Å². The van der Waals surface area contributed by atoms with Crippen LogP contribution in [0.25, 0.3) is 16.8 Å². The van der Waals surface area contributed by atoms with Gasteiger partial charge in [0, 0.05) is 68.5 Å². The number of carbonyl (C=O) groups is 1. The summed E-state index contributed by atoms with van der Waals surface area (Å²) in [6, 6.07) is 21.8. The Balaban J connectivity index is 1.22. The molecule has 0 aliphatic carbocycles. The maximum Gasteiger partial charge on any atom is 0.243 e. The van der Waals surface area contributed by atoms with E-state index in [1.54, 1.807) is 29.0 Å². The molecule has 0 spiro atoms. The molecule has 39 heavy (non-hydrogen) atoms. The van der Waals surface area contributed by atoms with E-state index in [1.165, 1.54) is 0 Å². The van der Waals surface area contributed by atoms with E-state index in [4.69, 9.17) is 0 Å². The summed E-state index contributed by atoms with van der Waals surface area (Å²) in [4.78, 5) is 21.8. The van der Waals surface area contributed by atoms with E-state index in [-0.39, 0.29) is 5.78 Å². The summed E-state index contributed by atoms with van der Waals surface area (Å²) in [5, 5.41) is 0. The van der Waals surface area contributed by atoms with Crippen molar-refractivity contribution < 1.29 is 13.2 Å². The first kappa shape index (κ1) is 27.0. The number of aromatic nitrogens is 2. The van der Waals surface area contributed by atoms with Gasteiger partial charge in [-0.15, -0.1) is 0 Å². The number of likely N-dealkylation sites (N-methyl/N-ethyl adjacent to an activating group) is 1. The van der Waals surface area contributed by atoms with Crippen LogP contribution in [0.4, 0.5) is 0 Å². The van der Waals surface area contributed by atoms with Gasteiger partial charge in [-0.2, -0.15) is 4.31 Å². The molecule has 0 amide bonds. The van der Waals surface area contributed by atoms with Crippen molar-refractivity contribution in [1.82, 2.24) is 23.7 Å². The lowest BCUT2D eigenvalue weighted by molar-refractivity contribution is 0.103. The summed E-state index contributed by atoms with van der Waals surface area (Å²) in [5.74, 6) is -0.0537. The Kier molecular flexibility index (Phi) is 8.04. The summed E-state index contributed by atoms with van der Waals surface area (Å²) < 4.78 is 29.9. The van der Waals surface area contributed by atoms with E-state index in [1.807, 2.05) is 85.5 Å². The largest absolute Gasteiger partial charge is 0.308 e. The number of benzene rings is 3. The van der Waals surface area contributed by atoms with Crippen molar-refractivity contribution in [3.8, 4) is 16.8 Å². The van der Waals surface area contributed by atoms with Crippen molar-refractivity contribution in [2.45, 2.75) is 4.90 Å². The second kappa shape index (κ2) is 11.6. The Morgan fingerprint density at radius 3 is 1.92 bits per heavy atom. The van der Waals surface area contributed by atoms with Crippen LogP contribution in [-0.2, 0) is 10.0 Å². The Labute approximate surface area is 230 Å². The molecule has 1 fully saturated rings. The van der Waals surface area contributed by atoms with E-state index < -0.39 is 10.0 Å². The van der Waals surface area contributed by atoms with Gasteiger partial charge in [0.2, 0.25) is 10.0 Å². The molecule has 1 aliphatic heterocycles. The van der Waals surface area contributed by atoms with Gasteiger partial charge in [-0.1, -0.05) is 36.4 Å². The van der Waals surface area contributed by atoms with Crippen LogP contribution >= 0.6 is 0 Å². The van der Waals surface area contributed by atoms with Crippen molar-refractivity contribution >= 4 is 15.8 Å². The minimum absolute atomic E-state index is 0.0537. The smallest absolute Gasteiger partial charge is 0.243 e. The minimum atomic E-state index is -3.54. The fourth-order valence-electron chi connectivity index (χ4n) is 4.68. The zero-order valence-electron chi connectivity index (χ0n) is 22.3. The molecule has 2 heterocycles. The third-order valence-corrected chi connectivity index (χ3v) is 9.01. The van der Waals surface area contributed by atoms with Crippen molar-refractivity contribution in [1.29, 1.82) is 0 Å². The lowest BCUT2D eigenvalue weighted by Gasteiger charge is -2.34. The third kappa shape index (κ3) is 6.17. The quantitative estimate of drug-likeness (QED) is 0.300. The number of ketones is 1. The normalized spacial score (nSPS) is 15.1. The molecule has 8 nitrogen and oxygen atoms in total. The van der Waals surface area contributed by atoms with Gasteiger partial charge in [0.05, 0.1) is 11.2 Å². The number of carbonyl (C=O) groups excluding carboxylic acids is 1. The van der Waals surface area contributed by atoms with Gasteiger partial charge in [0.25, 0.3) is 0 Å². The highest BCUT2D eigenvalue weighted by Crippen LogP contribution is 2.25. The SMILES string of the molecule is CN(C)CCN1CCN(S(=O)(=O)c2ccc(-c3ccc(C(=O)c4ccc(-n5ccnc5)cc4)cc3)cc2)CC1. The van der Waals surface area contributed by atoms with Crippen LogP contribution < -0.4 is 0 Å². The highest BCUT2D eigenvalue weighted by atomic mass is 32.2. The zero-order chi connectivity index (χ0) is 27.4. The minimum Gasteiger partial charge on any atom is -0.308 e. The topological polar surface area (TPSA) is 78.8 Å². The second-order valence-corrected chi connectivity index (χ2v) is 11.9. The number of hydrogen-bond donors (Lipinski definition) is 0.